The molecule has 112 valence electrons. The zero-order valence-corrected chi connectivity index (χ0v) is 13.6. The molecule has 0 spiro atoms. The van der Waals surface area contributed by atoms with Gasteiger partial charge in [-0.25, -0.2) is 4.98 Å². The third-order valence-electron chi connectivity index (χ3n) is 3.19. The number of hydrogen-bond acceptors (Lipinski definition) is 3. The first-order chi connectivity index (χ1) is 9.40. The molecule has 0 saturated heterocycles. The van der Waals surface area contributed by atoms with E-state index in [4.69, 9.17) is 16.3 Å². The number of aromatic nitrogens is 1. The molecule has 1 aromatic heterocycles. The van der Waals surface area contributed by atoms with Crippen LogP contribution in [0.1, 0.15) is 49.7 Å². The number of likely N-dealkylation sites (N-methyl/N-ethyl adjacent to an activating group) is 1. The summed E-state index contributed by atoms with van der Waals surface area (Å²) < 4.78 is 5.13. The predicted octanol–water partition coefficient (Wildman–Crippen LogP) is 3.36. The third-order valence-corrected chi connectivity index (χ3v) is 3.39. The summed E-state index contributed by atoms with van der Waals surface area (Å²) in [6.45, 7) is 9.11. The van der Waals surface area contributed by atoms with Gasteiger partial charge < -0.3 is 9.64 Å². The molecule has 0 bridgehead atoms. The van der Waals surface area contributed by atoms with Gasteiger partial charge in [-0.15, -0.1) is 0 Å². The number of hydrogen-bond donors (Lipinski definition) is 0. The second-order valence-electron chi connectivity index (χ2n) is 5.15. The molecule has 0 radical (unpaired) electrons. The van der Waals surface area contributed by atoms with Crippen LogP contribution >= 0.6 is 11.6 Å². The van der Waals surface area contributed by atoms with Crippen molar-refractivity contribution in [2.24, 2.45) is 0 Å². The molecular weight excluding hydrogens is 276 g/mol. The first-order valence-electron chi connectivity index (χ1n) is 6.88. The van der Waals surface area contributed by atoms with E-state index >= 15 is 0 Å². The number of methoxy groups -OCH3 is 1. The van der Waals surface area contributed by atoms with Gasteiger partial charge in [0.05, 0.1) is 12.6 Å². The molecule has 4 nitrogen and oxygen atoms in total. The van der Waals surface area contributed by atoms with Gasteiger partial charge in [0, 0.05) is 24.9 Å². The van der Waals surface area contributed by atoms with Gasteiger partial charge in [0.25, 0.3) is 5.91 Å². The number of carbonyl (C=O) groups excluding carboxylic acids is 1. The van der Waals surface area contributed by atoms with E-state index in [0.717, 1.165) is 5.69 Å². The summed E-state index contributed by atoms with van der Waals surface area (Å²) >= 11 is 6.02. The maximum atomic E-state index is 12.6. The largest absolute Gasteiger partial charge is 0.383 e. The highest BCUT2D eigenvalue weighted by Crippen LogP contribution is 2.19. The first-order valence-corrected chi connectivity index (χ1v) is 7.25. The smallest absolute Gasteiger partial charge is 0.254 e. The monoisotopic (exact) mass is 298 g/mol. The van der Waals surface area contributed by atoms with E-state index in [0.29, 0.717) is 23.9 Å². The van der Waals surface area contributed by atoms with E-state index < -0.39 is 0 Å². The molecule has 1 unspecified atom stereocenters. The lowest BCUT2D eigenvalue weighted by Crippen LogP contribution is -2.41. The first kappa shape index (κ1) is 16.9. The second kappa shape index (κ2) is 7.60. The van der Waals surface area contributed by atoms with E-state index in [-0.39, 0.29) is 17.9 Å². The Morgan fingerprint density at radius 2 is 2.05 bits per heavy atom. The van der Waals surface area contributed by atoms with Crippen molar-refractivity contribution in [2.75, 3.05) is 20.3 Å². The molecule has 1 heterocycles. The zero-order valence-electron chi connectivity index (χ0n) is 12.8. The lowest BCUT2D eigenvalue weighted by molar-refractivity contribution is 0.0579. The molecule has 20 heavy (non-hydrogen) atoms. The molecule has 0 N–H and O–H groups in total. The fourth-order valence-corrected chi connectivity index (χ4v) is 2.30. The lowest BCUT2D eigenvalue weighted by atomic mass is 10.1. The van der Waals surface area contributed by atoms with Gasteiger partial charge in [0.2, 0.25) is 0 Å². The lowest BCUT2D eigenvalue weighted by Gasteiger charge is -2.27. The summed E-state index contributed by atoms with van der Waals surface area (Å²) in [5.41, 5.74) is 1.41. The summed E-state index contributed by atoms with van der Waals surface area (Å²) in [6.07, 6.45) is 0. The highest BCUT2D eigenvalue weighted by atomic mass is 35.5. The maximum Gasteiger partial charge on any atom is 0.254 e. The van der Waals surface area contributed by atoms with Crippen LogP contribution in [0.2, 0.25) is 5.15 Å². The number of ether oxygens (including phenoxy) is 1. The van der Waals surface area contributed by atoms with Gasteiger partial charge in [-0.3, -0.25) is 4.79 Å². The molecule has 1 aromatic rings. The zero-order chi connectivity index (χ0) is 15.3. The number of halogens is 1. The Labute approximate surface area is 126 Å². The minimum Gasteiger partial charge on any atom is -0.383 e. The Balaban J connectivity index is 3.06. The van der Waals surface area contributed by atoms with Gasteiger partial charge in [-0.2, -0.15) is 0 Å². The molecule has 0 saturated carbocycles. The number of rotatable bonds is 6. The van der Waals surface area contributed by atoms with Crippen molar-refractivity contribution >= 4 is 17.5 Å². The number of carbonyl (C=O) groups is 1. The van der Waals surface area contributed by atoms with E-state index in [2.05, 4.69) is 4.98 Å². The van der Waals surface area contributed by atoms with Crippen LogP contribution in [0.4, 0.5) is 0 Å². The highest BCUT2D eigenvalue weighted by molar-refractivity contribution is 6.29. The van der Waals surface area contributed by atoms with Crippen LogP contribution in [-0.4, -0.2) is 42.1 Å². The molecule has 5 heteroatoms. The fraction of sp³-hybridized carbons (Fsp3) is 0.600. The molecule has 0 aliphatic rings. The van der Waals surface area contributed by atoms with E-state index in [9.17, 15) is 4.79 Å². The number of nitrogens with zero attached hydrogens (tertiary/aromatic N) is 2. The van der Waals surface area contributed by atoms with E-state index in [1.807, 2.05) is 33.8 Å². The van der Waals surface area contributed by atoms with Crippen LogP contribution in [-0.2, 0) is 4.74 Å². The van der Waals surface area contributed by atoms with Gasteiger partial charge >= 0.3 is 0 Å². The summed E-state index contributed by atoms with van der Waals surface area (Å²) in [6, 6.07) is 3.46. The van der Waals surface area contributed by atoms with Crippen molar-refractivity contribution in [1.82, 2.24) is 9.88 Å². The summed E-state index contributed by atoms with van der Waals surface area (Å²) in [4.78, 5) is 18.6. The molecule has 0 aromatic carbocycles. The highest BCUT2D eigenvalue weighted by Gasteiger charge is 2.21. The summed E-state index contributed by atoms with van der Waals surface area (Å²) in [7, 11) is 1.63. The molecule has 1 atom stereocenters. The van der Waals surface area contributed by atoms with Gasteiger partial charge in [-0.1, -0.05) is 25.4 Å². The fourth-order valence-electron chi connectivity index (χ4n) is 2.09. The van der Waals surface area contributed by atoms with Crippen LogP contribution in [0, 0.1) is 0 Å². The SMILES string of the molecule is CCN(C(=O)c1cc(Cl)nc(C(C)C)c1)C(C)COC. The van der Waals surface area contributed by atoms with Crippen molar-refractivity contribution in [3.05, 3.63) is 28.5 Å². The Bertz CT molecular complexity index is 463. The number of pyridine rings is 1. The Hall–Kier alpha value is -1.13. The molecule has 1 amide bonds. The molecule has 0 fully saturated rings. The quantitative estimate of drug-likeness (QED) is 0.756. The van der Waals surface area contributed by atoms with Crippen molar-refractivity contribution in [2.45, 2.75) is 39.7 Å². The van der Waals surface area contributed by atoms with Gasteiger partial charge in [-0.05, 0) is 31.9 Å². The molecule has 0 aliphatic carbocycles. The van der Waals surface area contributed by atoms with Crippen molar-refractivity contribution in [1.29, 1.82) is 0 Å². The number of amides is 1. The molecule has 1 rings (SSSR count). The molecule has 0 aliphatic heterocycles. The normalized spacial score (nSPS) is 12.6. The Kier molecular flexibility index (Phi) is 6.43. The maximum absolute atomic E-state index is 12.6. The van der Waals surface area contributed by atoms with Crippen molar-refractivity contribution in [3.8, 4) is 0 Å². The second-order valence-corrected chi connectivity index (χ2v) is 5.54. The van der Waals surface area contributed by atoms with Crippen LogP contribution in [0.5, 0.6) is 0 Å². The van der Waals surface area contributed by atoms with Crippen LogP contribution in [0.15, 0.2) is 12.1 Å². The summed E-state index contributed by atoms with van der Waals surface area (Å²) in [5, 5.41) is 0.356. The Morgan fingerprint density at radius 1 is 1.40 bits per heavy atom. The van der Waals surface area contributed by atoms with Crippen LogP contribution in [0.3, 0.4) is 0 Å². The Morgan fingerprint density at radius 3 is 2.55 bits per heavy atom. The minimum absolute atomic E-state index is 0.0203. The third kappa shape index (κ3) is 4.18. The van der Waals surface area contributed by atoms with Crippen molar-refractivity contribution in [3.63, 3.8) is 0 Å². The topological polar surface area (TPSA) is 42.4 Å². The summed E-state index contributed by atoms with van der Waals surface area (Å²) in [5.74, 6) is 0.190. The van der Waals surface area contributed by atoms with Crippen LogP contribution < -0.4 is 0 Å². The van der Waals surface area contributed by atoms with E-state index in [1.165, 1.54) is 0 Å². The average molecular weight is 299 g/mol. The van der Waals surface area contributed by atoms with Gasteiger partial charge in [0.1, 0.15) is 5.15 Å². The standard InChI is InChI=1S/C15H23ClN2O2/c1-6-18(11(4)9-20-5)15(19)12-7-13(10(2)3)17-14(16)8-12/h7-8,10-11H,6,9H2,1-5H3. The minimum atomic E-state index is -0.0387. The predicted molar refractivity (Wildman–Crippen MR) is 81.4 cm³/mol. The molecular formula is C15H23ClN2O2. The van der Waals surface area contributed by atoms with Gasteiger partial charge in [0.15, 0.2) is 0 Å². The average Bonchev–Trinajstić information content (AvgIpc) is 2.38. The van der Waals surface area contributed by atoms with Crippen molar-refractivity contribution < 1.29 is 9.53 Å². The van der Waals surface area contributed by atoms with E-state index in [1.54, 1.807) is 18.1 Å². The van der Waals surface area contributed by atoms with Crippen LogP contribution in [0.25, 0.3) is 0 Å².